The van der Waals surface area contributed by atoms with Gasteiger partial charge in [0.2, 0.25) is 0 Å². The van der Waals surface area contributed by atoms with Gasteiger partial charge < -0.3 is 10.2 Å². The molecule has 1 fully saturated rings. The van der Waals surface area contributed by atoms with E-state index in [2.05, 4.69) is 22.1 Å². The molecule has 20 heavy (non-hydrogen) atoms. The summed E-state index contributed by atoms with van der Waals surface area (Å²) in [4.78, 5) is 17.4. The highest BCUT2D eigenvalue weighted by Crippen LogP contribution is 2.30. The van der Waals surface area contributed by atoms with E-state index in [9.17, 15) is 10.1 Å². The normalized spacial score (nSPS) is 15.3. The molecule has 1 aliphatic carbocycles. The second-order valence-electron chi connectivity index (χ2n) is 5.08. The van der Waals surface area contributed by atoms with E-state index in [0.29, 0.717) is 24.2 Å². The maximum absolute atomic E-state index is 11.1. The van der Waals surface area contributed by atoms with Crippen LogP contribution in [0.3, 0.4) is 0 Å². The number of hydrogen-bond acceptors (Lipinski definition) is 5. The summed E-state index contributed by atoms with van der Waals surface area (Å²) in [5.74, 6) is 1.29. The number of hydrogen-bond donors (Lipinski definition) is 1. The van der Waals surface area contributed by atoms with Crippen LogP contribution in [0.4, 0.5) is 17.3 Å². The minimum Gasteiger partial charge on any atom is -0.370 e. The standard InChI is InChI=1S/C14H22N4O2/c1-3-15-13-9-12(18(19)20)10-14(16-13)17(4-2)11-7-5-6-8-11/h9-11H,3-8H2,1-2H3,(H,15,16). The first-order valence-electron chi connectivity index (χ1n) is 7.32. The molecule has 0 atom stereocenters. The molecular formula is C14H22N4O2. The number of rotatable bonds is 6. The first-order valence-corrected chi connectivity index (χ1v) is 7.32. The van der Waals surface area contributed by atoms with Gasteiger partial charge in [0, 0.05) is 19.1 Å². The SMILES string of the molecule is CCNc1cc([N+](=O)[O-])cc(N(CC)C2CCCC2)n1. The van der Waals surface area contributed by atoms with E-state index in [1.165, 1.54) is 18.9 Å². The van der Waals surface area contributed by atoms with Gasteiger partial charge in [0.05, 0.1) is 17.1 Å². The van der Waals surface area contributed by atoms with Crippen LogP contribution >= 0.6 is 0 Å². The van der Waals surface area contributed by atoms with Crippen LogP contribution in [0.15, 0.2) is 12.1 Å². The summed E-state index contributed by atoms with van der Waals surface area (Å²) in [5.41, 5.74) is 0.0994. The summed E-state index contributed by atoms with van der Waals surface area (Å²) >= 11 is 0. The van der Waals surface area contributed by atoms with E-state index in [-0.39, 0.29) is 10.6 Å². The van der Waals surface area contributed by atoms with Gasteiger partial charge in [0.15, 0.2) is 0 Å². The Morgan fingerprint density at radius 1 is 1.40 bits per heavy atom. The average Bonchev–Trinajstić information content (AvgIpc) is 2.93. The highest BCUT2D eigenvalue weighted by molar-refractivity contribution is 5.56. The maximum Gasteiger partial charge on any atom is 0.276 e. The first kappa shape index (κ1) is 14.6. The quantitative estimate of drug-likeness (QED) is 0.639. The Labute approximate surface area is 119 Å². The molecule has 1 aromatic heterocycles. The number of aromatic nitrogens is 1. The third-order valence-electron chi connectivity index (χ3n) is 3.77. The zero-order valence-electron chi connectivity index (χ0n) is 12.1. The molecule has 1 aliphatic rings. The Bertz CT molecular complexity index is 472. The Kier molecular flexibility index (Phi) is 4.76. The summed E-state index contributed by atoms with van der Waals surface area (Å²) in [7, 11) is 0. The summed E-state index contributed by atoms with van der Waals surface area (Å²) in [5, 5.41) is 14.1. The average molecular weight is 278 g/mol. The summed E-state index contributed by atoms with van der Waals surface area (Å²) in [6, 6.07) is 3.54. The minimum absolute atomic E-state index is 0.0994. The third kappa shape index (κ3) is 3.18. The van der Waals surface area contributed by atoms with E-state index in [0.717, 1.165) is 19.4 Å². The molecule has 110 valence electrons. The molecule has 0 unspecified atom stereocenters. The van der Waals surface area contributed by atoms with Crippen LogP contribution in [0.5, 0.6) is 0 Å². The molecule has 0 spiro atoms. The van der Waals surface area contributed by atoms with Crippen LogP contribution < -0.4 is 10.2 Å². The zero-order valence-corrected chi connectivity index (χ0v) is 12.1. The molecule has 6 heteroatoms. The van der Waals surface area contributed by atoms with Crippen molar-refractivity contribution in [3.63, 3.8) is 0 Å². The van der Waals surface area contributed by atoms with Gasteiger partial charge >= 0.3 is 0 Å². The lowest BCUT2D eigenvalue weighted by atomic mass is 10.2. The fourth-order valence-electron chi connectivity index (χ4n) is 2.85. The van der Waals surface area contributed by atoms with Gasteiger partial charge in [-0.2, -0.15) is 0 Å². The van der Waals surface area contributed by atoms with Gasteiger partial charge in [-0.3, -0.25) is 10.1 Å². The van der Waals surface area contributed by atoms with Crippen molar-refractivity contribution in [1.82, 2.24) is 4.98 Å². The molecule has 2 rings (SSSR count). The molecule has 0 amide bonds. The molecule has 1 saturated carbocycles. The first-order chi connectivity index (χ1) is 9.65. The lowest BCUT2D eigenvalue weighted by Gasteiger charge is -2.29. The van der Waals surface area contributed by atoms with E-state index < -0.39 is 0 Å². The Hall–Kier alpha value is -1.85. The number of pyridine rings is 1. The fourth-order valence-corrected chi connectivity index (χ4v) is 2.85. The highest BCUT2D eigenvalue weighted by Gasteiger charge is 2.24. The minimum atomic E-state index is -0.353. The van der Waals surface area contributed by atoms with Crippen molar-refractivity contribution in [2.75, 3.05) is 23.3 Å². The Balaban J connectivity index is 2.34. The molecule has 0 radical (unpaired) electrons. The number of nitro groups is 1. The zero-order chi connectivity index (χ0) is 14.5. The topological polar surface area (TPSA) is 71.3 Å². The summed E-state index contributed by atoms with van der Waals surface area (Å²) in [6.45, 7) is 5.55. The predicted molar refractivity (Wildman–Crippen MR) is 80.3 cm³/mol. The van der Waals surface area contributed by atoms with E-state index >= 15 is 0 Å². The van der Waals surface area contributed by atoms with Crippen LogP contribution in [-0.4, -0.2) is 29.0 Å². The second-order valence-corrected chi connectivity index (χ2v) is 5.08. The molecular weight excluding hydrogens is 256 g/mol. The van der Waals surface area contributed by atoms with Crippen molar-refractivity contribution in [3.05, 3.63) is 22.2 Å². The van der Waals surface area contributed by atoms with Crippen LogP contribution in [0.2, 0.25) is 0 Å². The molecule has 0 saturated heterocycles. The smallest absolute Gasteiger partial charge is 0.276 e. The van der Waals surface area contributed by atoms with Crippen molar-refractivity contribution in [2.24, 2.45) is 0 Å². The molecule has 1 N–H and O–H groups in total. The van der Waals surface area contributed by atoms with Gasteiger partial charge in [-0.15, -0.1) is 0 Å². The molecule has 6 nitrogen and oxygen atoms in total. The Morgan fingerprint density at radius 3 is 2.65 bits per heavy atom. The lowest BCUT2D eigenvalue weighted by molar-refractivity contribution is -0.384. The molecule has 0 aromatic carbocycles. The van der Waals surface area contributed by atoms with E-state index in [4.69, 9.17) is 0 Å². The Morgan fingerprint density at radius 2 is 2.10 bits per heavy atom. The van der Waals surface area contributed by atoms with E-state index in [1.54, 1.807) is 6.07 Å². The van der Waals surface area contributed by atoms with Gasteiger partial charge in [-0.05, 0) is 26.7 Å². The molecule has 0 bridgehead atoms. The number of nitrogens with zero attached hydrogens (tertiary/aromatic N) is 3. The van der Waals surface area contributed by atoms with Crippen molar-refractivity contribution in [2.45, 2.75) is 45.6 Å². The van der Waals surface area contributed by atoms with Crippen LogP contribution in [0, 0.1) is 10.1 Å². The third-order valence-corrected chi connectivity index (χ3v) is 3.77. The highest BCUT2D eigenvalue weighted by atomic mass is 16.6. The molecule has 1 aromatic rings. The molecule has 0 aliphatic heterocycles. The number of anilines is 2. The number of nitrogens with one attached hydrogen (secondary N) is 1. The fraction of sp³-hybridized carbons (Fsp3) is 0.643. The van der Waals surface area contributed by atoms with Crippen LogP contribution in [0.1, 0.15) is 39.5 Å². The van der Waals surface area contributed by atoms with E-state index in [1.807, 2.05) is 6.92 Å². The van der Waals surface area contributed by atoms with Crippen molar-refractivity contribution in [3.8, 4) is 0 Å². The van der Waals surface area contributed by atoms with Crippen LogP contribution in [-0.2, 0) is 0 Å². The summed E-state index contributed by atoms with van der Waals surface area (Å²) < 4.78 is 0. The van der Waals surface area contributed by atoms with Crippen molar-refractivity contribution >= 4 is 17.3 Å². The molecule has 1 heterocycles. The van der Waals surface area contributed by atoms with Gasteiger partial charge in [-0.25, -0.2) is 4.98 Å². The van der Waals surface area contributed by atoms with Crippen molar-refractivity contribution in [1.29, 1.82) is 0 Å². The monoisotopic (exact) mass is 278 g/mol. The van der Waals surface area contributed by atoms with Gasteiger partial charge in [0.1, 0.15) is 11.6 Å². The van der Waals surface area contributed by atoms with Gasteiger partial charge in [0.25, 0.3) is 5.69 Å². The maximum atomic E-state index is 11.1. The summed E-state index contributed by atoms with van der Waals surface area (Å²) in [6.07, 6.45) is 4.76. The largest absolute Gasteiger partial charge is 0.370 e. The van der Waals surface area contributed by atoms with Gasteiger partial charge in [-0.1, -0.05) is 12.8 Å². The second kappa shape index (κ2) is 6.54. The van der Waals surface area contributed by atoms with Crippen LogP contribution in [0.25, 0.3) is 0 Å². The van der Waals surface area contributed by atoms with Crippen molar-refractivity contribution < 1.29 is 4.92 Å². The lowest BCUT2D eigenvalue weighted by Crippen LogP contribution is -2.33. The predicted octanol–water partition coefficient (Wildman–Crippen LogP) is 3.19.